The standard InChI is InChI=1S/C14H22N4O/c1-8(2)10-6-11(17-7-16-10)18-13-12(15)9-4-3-5-19-14(9)13/h6-9,12-14H,3-5,15H2,1-2H3,(H,16,17,18). The second kappa shape index (κ2) is 5.06. The van der Waals surface area contributed by atoms with Crippen molar-refractivity contribution in [2.45, 2.75) is 50.8 Å². The molecule has 1 aromatic heterocycles. The minimum atomic E-state index is 0.169. The van der Waals surface area contributed by atoms with Crippen LogP contribution < -0.4 is 11.1 Å². The van der Waals surface area contributed by atoms with Gasteiger partial charge in [-0.3, -0.25) is 0 Å². The fourth-order valence-corrected chi connectivity index (χ4v) is 3.06. The number of anilines is 1. The molecule has 3 N–H and O–H groups in total. The molecular formula is C14H22N4O. The molecule has 0 spiro atoms. The number of hydrogen-bond acceptors (Lipinski definition) is 5. The Morgan fingerprint density at radius 2 is 2.26 bits per heavy atom. The second-order valence-electron chi connectivity index (χ2n) is 5.87. The Bertz CT molecular complexity index is 451. The maximum Gasteiger partial charge on any atom is 0.129 e. The molecule has 0 amide bonds. The molecule has 1 saturated carbocycles. The number of nitrogens with zero attached hydrogens (tertiary/aromatic N) is 2. The molecule has 5 nitrogen and oxygen atoms in total. The van der Waals surface area contributed by atoms with Crippen molar-refractivity contribution in [1.29, 1.82) is 0 Å². The first-order valence-corrected chi connectivity index (χ1v) is 7.12. The molecule has 0 radical (unpaired) electrons. The van der Waals surface area contributed by atoms with Gasteiger partial charge in [-0.15, -0.1) is 0 Å². The zero-order valence-corrected chi connectivity index (χ0v) is 11.5. The Balaban J connectivity index is 1.70. The summed E-state index contributed by atoms with van der Waals surface area (Å²) in [7, 11) is 0. The Hall–Kier alpha value is -1.20. The Morgan fingerprint density at radius 3 is 3.05 bits per heavy atom. The molecule has 0 aromatic carbocycles. The van der Waals surface area contributed by atoms with Crippen molar-refractivity contribution in [3.63, 3.8) is 0 Å². The first kappa shape index (κ1) is 12.8. The van der Waals surface area contributed by atoms with Crippen LogP contribution in [0.2, 0.25) is 0 Å². The van der Waals surface area contributed by atoms with E-state index in [2.05, 4.69) is 29.1 Å². The summed E-state index contributed by atoms with van der Waals surface area (Å²) in [5, 5.41) is 3.42. The first-order chi connectivity index (χ1) is 9.16. The average Bonchev–Trinajstić information content (AvgIpc) is 2.44. The number of rotatable bonds is 3. The zero-order chi connectivity index (χ0) is 13.4. The largest absolute Gasteiger partial charge is 0.376 e. The lowest BCUT2D eigenvalue weighted by molar-refractivity contribution is -0.104. The minimum Gasteiger partial charge on any atom is -0.376 e. The maximum atomic E-state index is 6.24. The molecular weight excluding hydrogens is 240 g/mol. The fourth-order valence-electron chi connectivity index (χ4n) is 3.06. The van der Waals surface area contributed by atoms with Crippen molar-refractivity contribution in [2.24, 2.45) is 11.7 Å². The molecule has 2 aliphatic rings. The lowest BCUT2D eigenvalue weighted by atomic mass is 9.68. The van der Waals surface area contributed by atoms with Gasteiger partial charge in [-0.1, -0.05) is 13.8 Å². The van der Waals surface area contributed by atoms with Crippen LogP contribution in [0.25, 0.3) is 0 Å². The van der Waals surface area contributed by atoms with Gasteiger partial charge < -0.3 is 15.8 Å². The zero-order valence-electron chi connectivity index (χ0n) is 11.5. The van der Waals surface area contributed by atoms with E-state index in [1.54, 1.807) is 6.33 Å². The van der Waals surface area contributed by atoms with E-state index in [-0.39, 0.29) is 18.2 Å². The summed E-state index contributed by atoms with van der Waals surface area (Å²) in [5.41, 5.74) is 7.28. The summed E-state index contributed by atoms with van der Waals surface area (Å²) in [6.45, 7) is 5.11. The lowest BCUT2D eigenvalue weighted by Gasteiger charge is -2.52. The number of nitrogens with one attached hydrogen (secondary N) is 1. The molecule has 1 aromatic rings. The SMILES string of the molecule is CC(C)c1cc(NC2C(N)C3CCCOC32)ncn1. The molecule has 4 atom stereocenters. The molecule has 0 bridgehead atoms. The van der Waals surface area contributed by atoms with Gasteiger partial charge >= 0.3 is 0 Å². The molecule has 1 saturated heterocycles. The molecule has 4 unspecified atom stereocenters. The number of ether oxygens (including phenoxy) is 1. The molecule has 2 fully saturated rings. The van der Waals surface area contributed by atoms with E-state index < -0.39 is 0 Å². The van der Waals surface area contributed by atoms with E-state index in [9.17, 15) is 0 Å². The molecule has 1 aliphatic heterocycles. The van der Waals surface area contributed by atoms with E-state index in [1.165, 1.54) is 6.42 Å². The van der Waals surface area contributed by atoms with Crippen LogP contribution in [0.1, 0.15) is 38.3 Å². The highest BCUT2D eigenvalue weighted by molar-refractivity contribution is 5.39. The summed E-state index contributed by atoms with van der Waals surface area (Å²) in [5.74, 6) is 1.77. The van der Waals surface area contributed by atoms with Crippen molar-refractivity contribution >= 4 is 5.82 Å². The third-order valence-corrected chi connectivity index (χ3v) is 4.27. The van der Waals surface area contributed by atoms with Crippen molar-refractivity contribution < 1.29 is 4.74 Å². The van der Waals surface area contributed by atoms with Crippen molar-refractivity contribution in [1.82, 2.24) is 9.97 Å². The van der Waals surface area contributed by atoms with E-state index in [0.717, 1.165) is 24.5 Å². The Labute approximate surface area is 114 Å². The van der Waals surface area contributed by atoms with Crippen LogP contribution in [0.3, 0.4) is 0 Å². The minimum absolute atomic E-state index is 0.169. The molecule has 19 heavy (non-hydrogen) atoms. The second-order valence-corrected chi connectivity index (χ2v) is 5.87. The van der Waals surface area contributed by atoms with Crippen LogP contribution in [0.4, 0.5) is 5.82 Å². The highest BCUT2D eigenvalue weighted by Gasteiger charge is 2.50. The predicted molar refractivity (Wildman–Crippen MR) is 74.0 cm³/mol. The molecule has 2 heterocycles. The van der Waals surface area contributed by atoms with Gasteiger partial charge in [0.1, 0.15) is 12.1 Å². The van der Waals surface area contributed by atoms with Gasteiger partial charge in [0.05, 0.1) is 12.1 Å². The third-order valence-electron chi connectivity index (χ3n) is 4.27. The highest BCUT2D eigenvalue weighted by Crippen LogP contribution is 2.38. The number of aromatic nitrogens is 2. The number of hydrogen-bond donors (Lipinski definition) is 2. The summed E-state index contributed by atoms with van der Waals surface area (Å²) in [4.78, 5) is 8.56. The number of nitrogens with two attached hydrogens (primary N) is 1. The number of fused-ring (bicyclic) bond motifs is 1. The quantitative estimate of drug-likeness (QED) is 0.864. The van der Waals surface area contributed by atoms with Crippen LogP contribution in [0, 0.1) is 5.92 Å². The van der Waals surface area contributed by atoms with Crippen LogP contribution in [-0.2, 0) is 4.74 Å². The van der Waals surface area contributed by atoms with E-state index in [0.29, 0.717) is 11.8 Å². The van der Waals surface area contributed by atoms with E-state index in [1.807, 2.05) is 6.07 Å². The fraction of sp³-hybridized carbons (Fsp3) is 0.714. The van der Waals surface area contributed by atoms with Gasteiger partial charge in [0.25, 0.3) is 0 Å². The van der Waals surface area contributed by atoms with Gasteiger partial charge in [0.15, 0.2) is 0 Å². The monoisotopic (exact) mass is 262 g/mol. The van der Waals surface area contributed by atoms with E-state index in [4.69, 9.17) is 10.5 Å². The van der Waals surface area contributed by atoms with Gasteiger partial charge in [0, 0.05) is 30.3 Å². The molecule has 1 aliphatic carbocycles. The van der Waals surface area contributed by atoms with Gasteiger partial charge in [-0.25, -0.2) is 9.97 Å². The highest BCUT2D eigenvalue weighted by atomic mass is 16.5. The Kier molecular flexibility index (Phi) is 3.41. The molecule has 3 rings (SSSR count). The van der Waals surface area contributed by atoms with Crippen molar-refractivity contribution in [2.75, 3.05) is 11.9 Å². The Morgan fingerprint density at radius 1 is 1.42 bits per heavy atom. The van der Waals surface area contributed by atoms with Gasteiger partial charge in [-0.2, -0.15) is 0 Å². The topological polar surface area (TPSA) is 73.1 Å². The third kappa shape index (κ3) is 2.32. The van der Waals surface area contributed by atoms with Crippen LogP contribution >= 0.6 is 0 Å². The summed E-state index contributed by atoms with van der Waals surface area (Å²) < 4.78 is 5.82. The summed E-state index contributed by atoms with van der Waals surface area (Å²) >= 11 is 0. The van der Waals surface area contributed by atoms with E-state index >= 15 is 0 Å². The summed E-state index contributed by atoms with van der Waals surface area (Å²) in [6.07, 6.45) is 4.18. The van der Waals surface area contributed by atoms with Crippen LogP contribution in [0.5, 0.6) is 0 Å². The lowest BCUT2D eigenvalue weighted by Crippen LogP contribution is -2.69. The first-order valence-electron chi connectivity index (χ1n) is 7.12. The normalized spacial score (nSPS) is 33.7. The maximum absolute atomic E-state index is 6.24. The molecule has 104 valence electrons. The van der Waals surface area contributed by atoms with Gasteiger partial charge in [0.2, 0.25) is 0 Å². The van der Waals surface area contributed by atoms with Gasteiger partial charge in [-0.05, 0) is 18.8 Å². The van der Waals surface area contributed by atoms with Crippen LogP contribution in [0.15, 0.2) is 12.4 Å². The van der Waals surface area contributed by atoms with Crippen molar-refractivity contribution in [3.05, 3.63) is 18.1 Å². The smallest absolute Gasteiger partial charge is 0.129 e. The predicted octanol–water partition coefficient (Wildman–Crippen LogP) is 1.52. The average molecular weight is 262 g/mol. The summed E-state index contributed by atoms with van der Waals surface area (Å²) in [6, 6.07) is 2.36. The van der Waals surface area contributed by atoms with Crippen molar-refractivity contribution in [3.8, 4) is 0 Å². The van der Waals surface area contributed by atoms with Crippen LogP contribution in [-0.4, -0.2) is 34.8 Å². The molecule has 5 heteroatoms.